The van der Waals surface area contributed by atoms with E-state index in [-0.39, 0.29) is 18.0 Å². The van der Waals surface area contributed by atoms with Crippen LogP contribution in [-0.2, 0) is 4.74 Å². The number of nitrogens with zero attached hydrogens (tertiary/aromatic N) is 2. The van der Waals surface area contributed by atoms with Crippen LogP contribution >= 0.6 is 0 Å². The molecule has 2 aliphatic heterocycles. The van der Waals surface area contributed by atoms with Crippen LogP contribution in [0.2, 0.25) is 0 Å². The molecular formula is C11H11F3N2O. The van der Waals surface area contributed by atoms with Gasteiger partial charge < -0.3 is 9.64 Å². The highest BCUT2D eigenvalue weighted by atomic mass is 19.2. The van der Waals surface area contributed by atoms with E-state index in [0.717, 1.165) is 12.8 Å². The van der Waals surface area contributed by atoms with E-state index in [4.69, 9.17) is 4.74 Å². The second kappa shape index (κ2) is 3.87. The van der Waals surface area contributed by atoms with Crippen molar-refractivity contribution in [3.8, 4) is 0 Å². The van der Waals surface area contributed by atoms with Gasteiger partial charge in [0.15, 0.2) is 17.5 Å². The van der Waals surface area contributed by atoms with Gasteiger partial charge in [-0.05, 0) is 12.8 Å². The van der Waals surface area contributed by atoms with Gasteiger partial charge in [-0.25, -0.2) is 8.78 Å². The number of aromatic nitrogens is 1. The van der Waals surface area contributed by atoms with Gasteiger partial charge in [-0.3, -0.25) is 0 Å². The van der Waals surface area contributed by atoms with E-state index < -0.39 is 17.6 Å². The molecule has 2 aliphatic rings. The van der Waals surface area contributed by atoms with Crippen LogP contribution in [0.15, 0.2) is 6.07 Å². The van der Waals surface area contributed by atoms with Crippen LogP contribution in [0.1, 0.15) is 12.8 Å². The first-order valence-corrected chi connectivity index (χ1v) is 5.55. The lowest BCUT2D eigenvalue weighted by Crippen LogP contribution is -2.43. The van der Waals surface area contributed by atoms with Crippen molar-refractivity contribution < 1.29 is 17.9 Å². The maximum Gasteiger partial charge on any atom is 0.251 e. The molecule has 3 rings (SSSR count). The number of halogens is 3. The Balaban J connectivity index is 1.91. The van der Waals surface area contributed by atoms with Gasteiger partial charge in [-0.2, -0.15) is 9.37 Å². The van der Waals surface area contributed by atoms with Crippen LogP contribution in [0.4, 0.5) is 19.0 Å². The zero-order valence-corrected chi connectivity index (χ0v) is 9.00. The van der Waals surface area contributed by atoms with Crippen molar-refractivity contribution in [3.63, 3.8) is 0 Å². The molecule has 2 fully saturated rings. The minimum Gasteiger partial charge on any atom is -0.371 e. The summed E-state index contributed by atoms with van der Waals surface area (Å²) in [6.45, 7) is 0.955. The average Bonchev–Trinajstić information content (AvgIpc) is 2.63. The third-order valence-corrected chi connectivity index (χ3v) is 3.21. The summed E-state index contributed by atoms with van der Waals surface area (Å²) in [6.07, 6.45) is 1.94. The smallest absolute Gasteiger partial charge is 0.251 e. The number of fused-ring (bicyclic) bond motifs is 2. The molecule has 0 spiro atoms. The number of pyridine rings is 1. The second-order valence-corrected chi connectivity index (χ2v) is 4.43. The Labute approximate surface area is 96.2 Å². The van der Waals surface area contributed by atoms with E-state index in [1.165, 1.54) is 0 Å². The number of morpholine rings is 1. The summed E-state index contributed by atoms with van der Waals surface area (Å²) in [4.78, 5) is 4.97. The van der Waals surface area contributed by atoms with E-state index >= 15 is 0 Å². The molecule has 3 nitrogen and oxygen atoms in total. The number of rotatable bonds is 1. The normalized spacial score (nSPS) is 27.6. The predicted molar refractivity (Wildman–Crippen MR) is 54.2 cm³/mol. The lowest BCUT2D eigenvalue weighted by Gasteiger charge is -2.33. The molecule has 0 aromatic carbocycles. The van der Waals surface area contributed by atoms with Crippen LogP contribution in [0.5, 0.6) is 0 Å². The third-order valence-electron chi connectivity index (χ3n) is 3.21. The fraction of sp³-hybridized carbons (Fsp3) is 0.545. The molecule has 2 atom stereocenters. The fourth-order valence-corrected chi connectivity index (χ4v) is 2.44. The first-order valence-electron chi connectivity index (χ1n) is 5.55. The maximum atomic E-state index is 13.5. The van der Waals surface area contributed by atoms with E-state index in [9.17, 15) is 13.2 Å². The average molecular weight is 244 g/mol. The molecule has 2 bridgehead atoms. The maximum absolute atomic E-state index is 13.5. The summed E-state index contributed by atoms with van der Waals surface area (Å²) >= 11 is 0. The molecule has 0 saturated carbocycles. The topological polar surface area (TPSA) is 25.4 Å². The predicted octanol–water partition coefficient (Wildman–Crippen LogP) is 1.87. The zero-order valence-electron chi connectivity index (χ0n) is 9.00. The van der Waals surface area contributed by atoms with Gasteiger partial charge in [-0.1, -0.05) is 0 Å². The van der Waals surface area contributed by atoms with Crippen molar-refractivity contribution in [1.29, 1.82) is 0 Å². The standard InChI is InChI=1S/C11H11F3N2O/c12-8-3-9(13)11(15-10(8)14)16-4-6-1-2-7(5-16)17-6/h3,6-7H,1-2,4-5H2. The van der Waals surface area contributed by atoms with E-state index in [2.05, 4.69) is 4.98 Å². The largest absolute Gasteiger partial charge is 0.371 e. The van der Waals surface area contributed by atoms with Crippen LogP contribution < -0.4 is 4.90 Å². The van der Waals surface area contributed by atoms with Gasteiger partial charge in [0.05, 0.1) is 12.2 Å². The van der Waals surface area contributed by atoms with Gasteiger partial charge in [0.25, 0.3) is 5.95 Å². The second-order valence-electron chi connectivity index (χ2n) is 4.43. The first-order chi connectivity index (χ1) is 8.13. The quantitative estimate of drug-likeness (QED) is 0.705. The summed E-state index contributed by atoms with van der Waals surface area (Å²) in [7, 11) is 0. The fourth-order valence-electron chi connectivity index (χ4n) is 2.44. The highest BCUT2D eigenvalue weighted by Gasteiger charge is 2.35. The van der Waals surface area contributed by atoms with Gasteiger partial charge in [0.2, 0.25) is 0 Å². The molecule has 0 radical (unpaired) electrons. The molecule has 0 aliphatic carbocycles. The zero-order chi connectivity index (χ0) is 12.0. The molecule has 92 valence electrons. The van der Waals surface area contributed by atoms with Crippen molar-refractivity contribution in [2.24, 2.45) is 0 Å². The van der Waals surface area contributed by atoms with E-state index in [1.54, 1.807) is 4.90 Å². The van der Waals surface area contributed by atoms with Crippen molar-refractivity contribution in [2.75, 3.05) is 18.0 Å². The number of anilines is 1. The van der Waals surface area contributed by atoms with E-state index in [1.807, 2.05) is 0 Å². The van der Waals surface area contributed by atoms with Crippen LogP contribution in [0, 0.1) is 17.6 Å². The van der Waals surface area contributed by atoms with E-state index in [0.29, 0.717) is 19.2 Å². The summed E-state index contributed by atoms with van der Waals surface area (Å²) in [6, 6.07) is 0.537. The van der Waals surface area contributed by atoms with Crippen molar-refractivity contribution in [1.82, 2.24) is 4.98 Å². The minimum atomic E-state index is -1.26. The Morgan fingerprint density at radius 2 is 1.76 bits per heavy atom. The molecular weight excluding hydrogens is 233 g/mol. The Morgan fingerprint density at radius 1 is 1.12 bits per heavy atom. The summed E-state index contributed by atoms with van der Waals surface area (Å²) < 4.78 is 44.9. The monoisotopic (exact) mass is 244 g/mol. The molecule has 2 saturated heterocycles. The van der Waals surface area contributed by atoms with Crippen molar-refractivity contribution in [3.05, 3.63) is 23.6 Å². The molecule has 3 heterocycles. The van der Waals surface area contributed by atoms with Crippen LogP contribution in [0.3, 0.4) is 0 Å². The van der Waals surface area contributed by atoms with Crippen LogP contribution in [0.25, 0.3) is 0 Å². The highest BCUT2D eigenvalue weighted by Crippen LogP contribution is 2.30. The lowest BCUT2D eigenvalue weighted by molar-refractivity contribution is 0.0299. The lowest BCUT2D eigenvalue weighted by atomic mass is 10.2. The van der Waals surface area contributed by atoms with Crippen LogP contribution in [-0.4, -0.2) is 30.3 Å². The molecule has 0 N–H and O–H groups in total. The summed E-state index contributed by atoms with van der Waals surface area (Å²) in [5.41, 5.74) is 0. The van der Waals surface area contributed by atoms with Gasteiger partial charge >= 0.3 is 0 Å². The summed E-state index contributed by atoms with van der Waals surface area (Å²) in [5, 5.41) is 0. The number of hydrogen-bond acceptors (Lipinski definition) is 3. The first kappa shape index (κ1) is 10.8. The molecule has 0 amide bonds. The van der Waals surface area contributed by atoms with Gasteiger partial charge in [0, 0.05) is 19.2 Å². The SMILES string of the molecule is Fc1cc(F)c(N2CC3CCC(C2)O3)nc1F. The number of hydrogen-bond donors (Lipinski definition) is 0. The summed E-state index contributed by atoms with van der Waals surface area (Å²) in [5.74, 6) is -3.47. The molecule has 17 heavy (non-hydrogen) atoms. The van der Waals surface area contributed by atoms with Crippen molar-refractivity contribution in [2.45, 2.75) is 25.0 Å². The Bertz CT molecular complexity index is 443. The third kappa shape index (κ3) is 1.86. The van der Waals surface area contributed by atoms with Gasteiger partial charge in [-0.15, -0.1) is 0 Å². The molecule has 2 unspecified atom stereocenters. The highest BCUT2D eigenvalue weighted by molar-refractivity contribution is 5.41. The Morgan fingerprint density at radius 3 is 2.41 bits per heavy atom. The Hall–Kier alpha value is -1.30. The number of ether oxygens (including phenoxy) is 1. The molecule has 1 aromatic heterocycles. The van der Waals surface area contributed by atoms with Gasteiger partial charge in [0.1, 0.15) is 0 Å². The minimum absolute atomic E-state index is 0.0445. The molecule has 1 aromatic rings. The Kier molecular flexibility index (Phi) is 2.47. The molecule has 6 heteroatoms. The van der Waals surface area contributed by atoms with Crippen molar-refractivity contribution >= 4 is 5.82 Å².